The SMILES string of the molecule is COC(=O)C1C(CCCB2OC(C)(C)C(C)(C)O2)CCN1CCN1CCCCC1.COC(=O)C1NCCC1CCCB1OC(C)(C)C(C)(C)O1.ICCN1CCCCC1.[H-].[Na+]. The van der Waals surface area contributed by atoms with E-state index in [2.05, 4.69) is 98.0 Å². The van der Waals surface area contributed by atoms with E-state index >= 15 is 0 Å². The second-order valence-corrected chi connectivity index (χ2v) is 20.9. The van der Waals surface area contributed by atoms with Gasteiger partial charge in [0, 0.05) is 24.1 Å². The zero-order valence-electron chi connectivity index (χ0n) is 40.9. The van der Waals surface area contributed by atoms with E-state index in [0.717, 1.165) is 77.3 Å². The third-order valence-electron chi connectivity index (χ3n) is 14.5. The Morgan fingerprint density at radius 2 is 1.10 bits per heavy atom. The molecule has 1 N–H and O–H groups in total. The molecule has 6 saturated heterocycles. The van der Waals surface area contributed by atoms with Gasteiger partial charge in [0.15, 0.2) is 0 Å². The number of likely N-dealkylation sites (tertiary alicyclic amines) is 3. The molecule has 0 radical (unpaired) electrons. The molecular weight excluding hydrogens is 884 g/mol. The summed E-state index contributed by atoms with van der Waals surface area (Å²) in [6.45, 7) is 27.0. The molecule has 6 aliphatic heterocycles. The van der Waals surface area contributed by atoms with Crippen LogP contribution in [-0.4, -0.2) is 153 Å². The maximum Gasteiger partial charge on any atom is 1.00 e. The average Bonchev–Trinajstić information content (AvgIpc) is 3.93. The minimum absolute atomic E-state index is 0. The molecule has 6 heterocycles. The van der Waals surface area contributed by atoms with Gasteiger partial charge in [-0.05, 0) is 171 Å². The number of carbonyl (C=O) groups excluding carboxylic acids is 2. The van der Waals surface area contributed by atoms with Crippen LogP contribution in [0.15, 0.2) is 0 Å². The Hall–Kier alpha value is 0.480. The summed E-state index contributed by atoms with van der Waals surface area (Å²) in [5.41, 5.74) is -1.07. The Labute approximate surface area is 403 Å². The minimum atomic E-state index is -0.273. The van der Waals surface area contributed by atoms with Crippen molar-refractivity contribution in [2.45, 2.75) is 180 Å². The first-order chi connectivity index (χ1) is 27.9. The van der Waals surface area contributed by atoms with Gasteiger partial charge in [-0.25, -0.2) is 0 Å². The summed E-state index contributed by atoms with van der Waals surface area (Å²) in [7, 11) is 2.68. The van der Waals surface area contributed by atoms with Crippen LogP contribution in [0.2, 0.25) is 12.6 Å². The van der Waals surface area contributed by atoms with Crippen molar-refractivity contribution in [3.63, 3.8) is 0 Å². The Kier molecular flexibility index (Phi) is 23.7. The Bertz CT molecular complexity index is 1250. The van der Waals surface area contributed by atoms with E-state index in [1.165, 1.54) is 89.9 Å². The van der Waals surface area contributed by atoms with Crippen LogP contribution in [0.1, 0.15) is 134 Å². The maximum atomic E-state index is 12.5. The van der Waals surface area contributed by atoms with Crippen LogP contribution >= 0.6 is 22.6 Å². The van der Waals surface area contributed by atoms with Gasteiger partial charge in [-0.15, -0.1) is 0 Å². The fraction of sp³-hybridized carbons (Fsp3) is 0.955. The van der Waals surface area contributed by atoms with Crippen LogP contribution in [0.3, 0.4) is 0 Å². The van der Waals surface area contributed by atoms with Gasteiger partial charge in [-0.3, -0.25) is 14.5 Å². The molecular formula is C44H84B2IN4NaO8. The molecule has 12 nitrogen and oxygen atoms in total. The van der Waals surface area contributed by atoms with Crippen LogP contribution < -0.4 is 34.9 Å². The molecule has 6 rings (SSSR count). The Balaban J connectivity index is 0.000000350. The van der Waals surface area contributed by atoms with Crippen molar-refractivity contribution in [1.29, 1.82) is 0 Å². The first-order valence-corrected chi connectivity index (χ1v) is 24.8. The summed E-state index contributed by atoms with van der Waals surface area (Å²) in [6.07, 6.45) is 16.2. The molecule has 0 bridgehead atoms. The molecule has 0 saturated carbocycles. The van der Waals surface area contributed by atoms with Gasteiger partial charge in [0.05, 0.1) is 36.6 Å². The third kappa shape index (κ3) is 16.1. The van der Waals surface area contributed by atoms with Crippen LogP contribution in [0.5, 0.6) is 0 Å². The predicted octanol–water partition coefficient (Wildman–Crippen LogP) is 4.24. The second kappa shape index (κ2) is 26.0. The molecule has 6 fully saturated rings. The van der Waals surface area contributed by atoms with Crippen LogP contribution in [0.25, 0.3) is 0 Å². The molecule has 0 aromatic heterocycles. The maximum absolute atomic E-state index is 12.5. The summed E-state index contributed by atoms with van der Waals surface area (Å²) in [5, 5.41) is 3.22. The molecule has 342 valence electrons. The van der Waals surface area contributed by atoms with E-state index in [9.17, 15) is 9.59 Å². The molecule has 4 unspecified atom stereocenters. The van der Waals surface area contributed by atoms with Gasteiger partial charge in [-0.2, -0.15) is 0 Å². The summed E-state index contributed by atoms with van der Waals surface area (Å²) < 4.78 is 35.5. The molecule has 6 aliphatic rings. The number of ether oxygens (including phenoxy) is 2. The molecule has 60 heavy (non-hydrogen) atoms. The Morgan fingerprint density at radius 1 is 0.650 bits per heavy atom. The van der Waals surface area contributed by atoms with Crippen LogP contribution in [-0.2, 0) is 37.7 Å². The largest absolute Gasteiger partial charge is 1.00 e. The quantitative estimate of drug-likeness (QED) is 0.110. The summed E-state index contributed by atoms with van der Waals surface area (Å²) in [4.78, 5) is 31.7. The van der Waals surface area contributed by atoms with Crippen molar-refractivity contribution in [3.05, 3.63) is 0 Å². The monoisotopic (exact) mass is 969 g/mol. The van der Waals surface area contributed by atoms with Gasteiger partial charge in [-0.1, -0.05) is 48.3 Å². The number of methoxy groups -OCH3 is 2. The smallest absolute Gasteiger partial charge is 1.00 e. The molecule has 0 amide bonds. The van der Waals surface area contributed by atoms with Gasteiger partial charge in [0.25, 0.3) is 0 Å². The standard InChI is InChI=1S/C22H41BN2O4.C15H28BNO4.C7H14IN.Na.H/c1-21(2)22(3,4)29-23(28-21)12-9-10-18-11-15-25(19(18)20(26)27-5)17-16-24-13-7-6-8-14-24;1-14(2)15(3,4)21-16(20-14)9-6-7-11-8-10-17-12(11)13(18)19-5;8-4-7-9-5-2-1-3-6-9;;/h18-19H,6-17H2,1-5H3;11-12,17H,6-10H2,1-5H3;1-7H2;;/q;;;+1;-1. The second-order valence-electron chi connectivity index (χ2n) is 19.8. The minimum Gasteiger partial charge on any atom is -1.00 e. The molecule has 0 spiro atoms. The predicted molar refractivity (Wildman–Crippen MR) is 248 cm³/mol. The normalized spacial score (nSPS) is 28.6. The number of hydrogen-bond donors (Lipinski definition) is 1. The van der Waals surface area contributed by atoms with E-state index in [0.29, 0.717) is 11.8 Å². The number of carbonyl (C=O) groups is 2. The number of rotatable bonds is 15. The number of hydrogen-bond acceptors (Lipinski definition) is 12. The number of alkyl halides is 1. The van der Waals surface area contributed by atoms with E-state index in [1.54, 1.807) is 0 Å². The van der Waals surface area contributed by atoms with Gasteiger partial charge in [0.1, 0.15) is 12.1 Å². The average molecular weight is 969 g/mol. The molecule has 0 aromatic rings. The van der Waals surface area contributed by atoms with Crippen LogP contribution in [0.4, 0.5) is 0 Å². The molecule has 0 aromatic carbocycles. The van der Waals surface area contributed by atoms with Crippen LogP contribution in [0, 0.1) is 11.8 Å². The summed E-state index contributed by atoms with van der Waals surface area (Å²) >= 11 is 2.45. The number of esters is 2. The van der Waals surface area contributed by atoms with Crippen molar-refractivity contribution in [2.24, 2.45) is 11.8 Å². The number of nitrogens with zero attached hydrogens (tertiary/aromatic N) is 3. The van der Waals surface area contributed by atoms with Gasteiger partial charge in [0.2, 0.25) is 0 Å². The number of piperidine rings is 2. The third-order valence-corrected chi connectivity index (χ3v) is 15.0. The van der Waals surface area contributed by atoms with E-state index in [4.69, 9.17) is 28.1 Å². The van der Waals surface area contributed by atoms with Crippen molar-refractivity contribution in [3.8, 4) is 0 Å². The van der Waals surface area contributed by atoms with Crippen molar-refractivity contribution >= 4 is 48.8 Å². The van der Waals surface area contributed by atoms with Crippen molar-refractivity contribution in [2.75, 3.05) is 77.5 Å². The summed E-state index contributed by atoms with van der Waals surface area (Å²) in [6, 6.07) is -0.239. The molecule has 16 heteroatoms. The fourth-order valence-corrected chi connectivity index (χ4v) is 10.1. The first-order valence-electron chi connectivity index (χ1n) is 23.3. The molecule has 0 aliphatic carbocycles. The Morgan fingerprint density at radius 3 is 1.55 bits per heavy atom. The van der Waals surface area contributed by atoms with E-state index in [1.807, 2.05) is 0 Å². The zero-order chi connectivity index (χ0) is 43.3. The first kappa shape index (κ1) is 54.8. The molecule has 4 atom stereocenters. The number of nitrogens with one attached hydrogen (secondary N) is 1. The summed E-state index contributed by atoms with van der Waals surface area (Å²) in [5.74, 6) is 0.515. The van der Waals surface area contributed by atoms with Crippen molar-refractivity contribution < 1.29 is 68.7 Å². The van der Waals surface area contributed by atoms with Gasteiger partial charge >= 0.3 is 55.7 Å². The topological polar surface area (TPSA) is 111 Å². The number of halogens is 1. The van der Waals surface area contributed by atoms with E-state index < -0.39 is 0 Å². The zero-order valence-corrected chi connectivity index (χ0v) is 44.1. The fourth-order valence-electron chi connectivity index (χ4n) is 9.43. The van der Waals surface area contributed by atoms with Crippen molar-refractivity contribution in [1.82, 2.24) is 20.0 Å². The van der Waals surface area contributed by atoms with Gasteiger partial charge < -0.3 is 44.6 Å². The van der Waals surface area contributed by atoms with E-state index in [-0.39, 0.29) is 91.6 Å².